The van der Waals surface area contributed by atoms with Gasteiger partial charge in [0.05, 0.1) is 24.9 Å². The van der Waals surface area contributed by atoms with E-state index >= 15 is 0 Å². The Bertz CT molecular complexity index is 458. The number of piperidine rings is 1. The van der Waals surface area contributed by atoms with E-state index < -0.39 is 15.7 Å². The summed E-state index contributed by atoms with van der Waals surface area (Å²) in [4.78, 5) is 13.9. The zero-order valence-electron chi connectivity index (χ0n) is 13.2. The van der Waals surface area contributed by atoms with Crippen LogP contribution < -0.4 is 5.73 Å². The number of hydrogen-bond donors (Lipinski definition) is 1. The Morgan fingerprint density at radius 2 is 2.00 bits per heavy atom. The molecule has 1 saturated heterocycles. The Kier molecular flexibility index (Phi) is 6.15. The van der Waals surface area contributed by atoms with Gasteiger partial charge >= 0.3 is 5.97 Å². The smallest absolute Gasteiger partial charge is 0.309 e. The number of carbonyl (C=O) groups excluding carboxylic acids is 1. The number of likely N-dealkylation sites (tertiary alicyclic amines) is 1. The summed E-state index contributed by atoms with van der Waals surface area (Å²) in [7, 11) is -3.43. The van der Waals surface area contributed by atoms with Crippen LogP contribution in [0.2, 0.25) is 0 Å². The first-order chi connectivity index (χ1) is 9.48. The minimum Gasteiger partial charge on any atom is -0.460 e. The molecule has 7 nitrogen and oxygen atoms in total. The summed E-state index contributed by atoms with van der Waals surface area (Å²) in [5.74, 6) is -0.420. The molecule has 1 aliphatic heterocycles. The molecule has 0 aromatic carbocycles. The van der Waals surface area contributed by atoms with Crippen LogP contribution in [0.4, 0.5) is 0 Å². The SMILES string of the molecule is CC(C)(C)OC(=O)C1CCN(CCOS(C)(=O)=O)C(N)C1. The maximum absolute atomic E-state index is 12.0. The lowest BCUT2D eigenvalue weighted by Gasteiger charge is -2.37. The fraction of sp³-hybridized carbons (Fsp3) is 0.923. The van der Waals surface area contributed by atoms with Crippen LogP contribution in [0.25, 0.3) is 0 Å². The van der Waals surface area contributed by atoms with Gasteiger partial charge in [0, 0.05) is 13.1 Å². The second kappa shape index (κ2) is 7.04. The molecule has 0 saturated carbocycles. The van der Waals surface area contributed by atoms with Gasteiger partial charge in [0.15, 0.2) is 0 Å². The van der Waals surface area contributed by atoms with Crippen molar-refractivity contribution in [3.05, 3.63) is 0 Å². The summed E-state index contributed by atoms with van der Waals surface area (Å²) in [6, 6.07) is 0. The molecular formula is C13H26N2O5S. The zero-order chi connectivity index (χ0) is 16.3. The van der Waals surface area contributed by atoms with Crippen LogP contribution >= 0.6 is 0 Å². The summed E-state index contributed by atoms with van der Waals surface area (Å²) >= 11 is 0. The Hall–Kier alpha value is -0.700. The van der Waals surface area contributed by atoms with E-state index in [0.717, 1.165) is 6.26 Å². The minimum atomic E-state index is -3.43. The zero-order valence-corrected chi connectivity index (χ0v) is 14.0. The standard InChI is InChI=1S/C13H26N2O5S/c1-13(2,3)20-12(16)10-5-6-15(11(14)9-10)7-8-19-21(4,17)18/h10-11H,5-9,14H2,1-4H3. The lowest BCUT2D eigenvalue weighted by molar-refractivity contribution is -0.162. The normalized spacial score (nSPS) is 24.8. The maximum Gasteiger partial charge on any atom is 0.309 e. The van der Waals surface area contributed by atoms with Gasteiger partial charge in [0.1, 0.15) is 5.60 Å². The van der Waals surface area contributed by atoms with Crippen molar-refractivity contribution < 1.29 is 22.1 Å². The summed E-state index contributed by atoms with van der Waals surface area (Å²) in [5.41, 5.74) is 5.54. The van der Waals surface area contributed by atoms with Crippen LogP contribution in [-0.2, 0) is 23.8 Å². The molecule has 1 fully saturated rings. The molecule has 0 aliphatic carbocycles. The molecule has 8 heteroatoms. The average Bonchev–Trinajstić information content (AvgIpc) is 2.27. The van der Waals surface area contributed by atoms with E-state index in [0.29, 0.717) is 25.9 Å². The first-order valence-corrected chi connectivity index (χ1v) is 8.86. The van der Waals surface area contributed by atoms with Crippen LogP contribution in [0.5, 0.6) is 0 Å². The second-order valence-corrected chi connectivity index (χ2v) is 8.03. The summed E-state index contributed by atoms with van der Waals surface area (Å²) < 4.78 is 31.9. The Labute approximate surface area is 126 Å². The fourth-order valence-corrected chi connectivity index (χ4v) is 2.61. The predicted molar refractivity (Wildman–Crippen MR) is 78.9 cm³/mol. The predicted octanol–water partition coefficient (Wildman–Crippen LogP) is 0.301. The van der Waals surface area contributed by atoms with Crippen molar-refractivity contribution in [3.63, 3.8) is 0 Å². The molecule has 0 bridgehead atoms. The maximum atomic E-state index is 12.0. The second-order valence-electron chi connectivity index (χ2n) is 6.38. The largest absolute Gasteiger partial charge is 0.460 e. The van der Waals surface area contributed by atoms with Crippen LogP contribution in [0.15, 0.2) is 0 Å². The Morgan fingerprint density at radius 1 is 1.38 bits per heavy atom. The van der Waals surface area contributed by atoms with Gasteiger partial charge in [-0.3, -0.25) is 13.9 Å². The van der Waals surface area contributed by atoms with Gasteiger partial charge in [-0.05, 0) is 33.6 Å². The van der Waals surface area contributed by atoms with Gasteiger partial charge in [-0.1, -0.05) is 0 Å². The fourth-order valence-electron chi connectivity index (χ4n) is 2.23. The van der Waals surface area contributed by atoms with Crippen LogP contribution in [-0.4, -0.2) is 57.0 Å². The summed E-state index contributed by atoms with van der Waals surface area (Å²) in [6.45, 7) is 6.63. The van der Waals surface area contributed by atoms with Gasteiger partial charge < -0.3 is 10.5 Å². The molecule has 0 radical (unpaired) electrons. The number of carbonyl (C=O) groups is 1. The minimum absolute atomic E-state index is 0.0731. The molecular weight excluding hydrogens is 296 g/mol. The quantitative estimate of drug-likeness (QED) is 0.574. The number of esters is 1. The molecule has 124 valence electrons. The van der Waals surface area contributed by atoms with E-state index in [9.17, 15) is 13.2 Å². The van der Waals surface area contributed by atoms with Gasteiger partial charge in [0.2, 0.25) is 0 Å². The van der Waals surface area contributed by atoms with Crippen LogP contribution in [0.3, 0.4) is 0 Å². The monoisotopic (exact) mass is 322 g/mol. The van der Waals surface area contributed by atoms with Crippen molar-refractivity contribution in [2.24, 2.45) is 11.7 Å². The van der Waals surface area contributed by atoms with Crippen LogP contribution in [0, 0.1) is 5.92 Å². The highest BCUT2D eigenvalue weighted by Crippen LogP contribution is 2.23. The lowest BCUT2D eigenvalue weighted by atomic mass is 9.94. The third-order valence-corrected chi connectivity index (χ3v) is 3.77. The third kappa shape index (κ3) is 7.21. The van der Waals surface area contributed by atoms with E-state index in [-0.39, 0.29) is 24.7 Å². The van der Waals surface area contributed by atoms with Crippen molar-refractivity contribution in [1.29, 1.82) is 0 Å². The van der Waals surface area contributed by atoms with Crippen molar-refractivity contribution in [1.82, 2.24) is 4.90 Å². The lowest BCUT2D eigenvalue weighted by Crippen LogP contribution is -2.51. The van der Waals surface area contributed by atoms with E-state index in [2.05, 4.69) is 0 Å². The van der Waals surface area contributed by atoms with Gasteiger partial charge in [-0.25, -0.2) is 0 Å². The molecule has 2 atom stereocenters. The molecule has 1 aliphatic rings. The Morgan fingerprint density at radius 3 is 2.48 bits per heavy atom. The molecule has 2 N–H and O–H groups in total. The van der Waals surface area contributed by atoms with Crippen molar-refractivity contribution >= 4 is 16.1 Å². The first-order valence-electron chi connectivity index (χ1n) is 7.05. The Balaban J connectivity index is 2.42. The average molecular weight is 322 g/mol. The first kappa shape index (κ1) is 18.3. The number of ether oxygens (including phenoxy) is 1. The number of nitrogens with zero attached hydrogens (tertiary/aromatic N) is 1. The molecule has 0 aromatic rings. The van der Waals surface area contributed by atoms with E-state index in [1.165, 1.54) is 0 Å². The number of hydrogen-bond acceptors (Lipinski definition) is 7. The van der Waals surface area contributed by atoms with E-state index in [4.69, 9.17) is 14.7 Å². The van der Waals surface area contributed by atoms with Crippen molar-refractivity contribution in [2.45, 2.75) is 45.4 Å². The number of rotatable bonds is 5. The molecule has 0 amide bonds. The molecule has 21 heavy (non-hydrogen) atoms. The highest BCUT2D eigenvalue weighted by atomic mass is 32.2. The summed E-state index contributed by atoms with van der Waals surface area (Å²) in [5, 5.41) is 0. The van der Waals surface area contributed by atoms with Crippen molar-refractivity contribution in [3.8, 4) is 0 Å². The van der Waals surface area contributed by atoms with Crippen molar-refractivity contribution in [2.75, 3.05) is 26.0 Å². The molecule has 1 rings (SSSR count). The molecule has 1 heterocycles. The van der Waals surface area contributed by atoms with Gasteiger partial charge in [0.25, 0.3) is 10.1 Å². The highest BCUT2D eigenvalue weighted by molar-refractivity contribution is 7.85. The summed E-state index contributed by atoms with van der Waals surface area (Å²) in [6.07, 6.45) is 1.89. The topological polar surface area (TPSA) is 98.9 Å². The highest BCUT2D eigenvalue weighted by Gasteiger charge is 2.32. The van der Waals surface area contributed by atoms with E-state index in [1.54, 1.807) is 0 Å². The van der Waals surface area contributed by atoms with Gasteiger partial charge in [-0.2, -0.15) is 8.42 Å². The third-order valence-electron chi connectivity index (χ3n) is 3.18. The number of nitrogens with two attached hydrogens (primary N) is 1. The molecule has 0 aromatic heterocycles. The van der Waals surface area contributed by atoms with E-state index in [1.807, 2.05) is 25.7 Å². The van der Waals surface area contributed by atoms with Crippen LogP contribution in [0.1, 0.15) is 33.6 Å². The van der Waals surface area contributed by atoms with Gasteiger partial charge in [-0.15, -0.1) is 0 Å². The molecule has 0 spiro atoms. The molecule has 2 unspecified atom stereocenters.